The third-order valence-corrected chi connectivity index (χ3v) is 5.38. The van der Waals surface area contributed by atoms with Crippen LogP contribution in [0.25, 0.3) is 10.9 Å². The molecule has 7 heteroatoms. The third-order valence-electron chi connectivity index (χ3n) is 5.38. The maximum Gasteiger partial charge on any atom is 0.345 e. The van der Waals surface area contributed by atoms with E-state index < -0.39 is 6.61 Å². The Kier molecular flexibility index (Phi) is 5.90. The number of aromatic amines is 1. The van der Waals surface area contributed by atoms with E-state index in [1.54, 1.807) is 0 Å². The Labute approximate surface area is 157 Å². The molecule has 2 aliphatic rings. The van der Waals surface area contributed by atoms with Crippen LogP contribution in [0.1, 0.15) is 24.8 Å². The molecule has 0 bridgehead atoms. The van der Waals surface area contributed by atoms with Crippen molar-refractivity contribution in [2.45, 2.75) is 44.5 Å². The first-order chi connectivity index (χ1) is 13.2. The number of fused-ring (bicyclic) bond motifs is 1. The number of hydrogen-bond acceptors (Lipinski definition) is 4. The van der Waals surface area contributed by atoms with Gasteiger partial charge in [-0.05, 0) is 49.4 Å². The van der Waals surface area contributed by atoms with Crippen LogP contribution in [0, 0.1) is 0 Å². The molecule has 148 valence electrons. The van der Waals surface area contributed by atoms with Gasteiger partial charge in [0, 0.05) is 43.3 Å². The molecule has 0 spiro atoms. The normalized spacial score (nSPS) is 24.1. The van der Waals surface area contributed by atoms with Gasteiger partial charge in [-0.1, -0.05) is 0 Å². The van der Waals surface area contributed by atoms with Gasteiger partial charge in [0.15, 0.2) is 0 Å². The zero-order valence-corrected chi connectivity index (χ0v) is 15.3. The van der Waals surface area contributed by atoms with E-state index in [1.165, 1.54) is 5.56 Å². The van der Waals surface area contributed by atoms with E-state index in [2.05, 4.69) is 20.7 Å². The highest BCUT2D eigenvalue weighted by Gasteiger charge is 2.25. The summed E-state index contributed by atoms with van der Waals surface area (Å²) in [5.41, 5.74) is 2.30. The fourth-order valence-electron chi connectivity index (χ4n) is 3.97. The molecule has 0 aliphatic carbocycles. The number of hydrogen-bond donors (Lipinski definition) is 1. The van der Waals surface area contributed by atoms with Crippen LogP contribution in [-0.2, 0) is 15.9 Å². The van der Waals surface area contributed by atoms with Crippen LogP contribution < -0.4 is 4.74 Å². The Hall–Kier alpha value is -1.70. The minimum Gasteiger partial charge on any atom is -0.488 e. The van der Waals surface area contributed by atoms with Crippen molar-refractivity contribution in [3.63, 3.8) is 0 Å². The van der Waals surface area contributed by atoms with Crippen molar-refractivity contribution >= 4 is 10.9 Å². The fraction of sp³-hybridized carbons (Fsp3) is 0.600. The van der Waals surface area contributed by atoms with Crippen molar-refractivity contribution in [1.29, 1.82) is 0 Å². The molecule has 2 saturated heterocycles. The molecular formula is C20H26F2N2O3. The Morgan fingerprint density at radius 3 is 3.00 bits per heavy atom. The van der Waals surface area contributed by atoms with Gasteiger partial charge in [0.05, 0.1) is 12.7 Å². The first-order valence-corrected chi connectivity index (χ1v) is 9.68. The highest BCUT2D eigenvalue weighted by Crippen LogP contribution is 2.26. The number of H-pyrrole nitrogens is 1. The molecule has 0 radical (unpaired) electrons. The van der Waals surface area contributed by atoms with Gasteiger partial charge < -0.3 is 24.1 Å². The third kappa shape index (κ3) is 4.78. The quantitative estimate of drug-likeness (QED) is 0.798. The van der Waals surface area contributed by atoms with Crippen LogP contribution in [0.4, 0.5) is 8.78 Å². The van der Waals surface area contributed by atoms with Gasteiger partial charge in [-0.3, -0.25) is 0 Å². The average molecular weight is 380 g/mol. The summed E-state index contributed by atoms with van der Waals surface area (Å²) in [6.07, 6.45) is 5.38. The van der Waals surface area contributed by atoms with E-state index in [4.69, 9.17) is 9.47 Å². The molecule has 1 aromatic carbocycles. The summed E-state index contributed by atoms with van der Waals surface area (Å²) < 4.78 is 40.9. The minimum atomic E-state index is -2.68. The van der Waals surface area contributed by atoms with Gasteiger partial charge in [-0.15, -0.1) is 0 Å². The lowest BCUT2D eigenvalue weighted by atomic mass is 10.1. The average Bonchev–Trinajstić information content (AvgIpc) is 3.27. The van der Waals surface area contributed by atoms with E-state index >= 15 is 0 Å². The molecule has 3 heterocycles. The molecule has 2 aliphatic heterocycles. The second kappa shape index (κ2) is 8.54. The monoisotopic (exact) mass is 380 g/mol. The highest BCUT2D eigenvalue weighted by molar-refractivity contribution is 5.84. The van der Waals surface area contributed by atoms with Gasteiger partial charge in [-0.2, -0.15) is 8.78 Å². The number of rotatable bonds is 7. The molecule has 0 amide bonds. The first kappa shape index (κ1) is 18.7. The summed E-state index contributed by atoms with van der Waals surface area (Å²) in [6, 6.07) is 6.12. The van der Waals surface area contributed by atoms with E-state index in [1.807, 2.05) is 18.3 Å². The van der Waals surface area contributed by atoms with E-state index in [9.17, 15) is 8.78 Å². The second-order valence-electron chi connectivity index (χ2n) is 7.34. The van der Waals surface area contributed by atoms with Crippen molar-refractivity contribution in [3.05, 3.63) is 30.0 Å². The van der Waals surface area contributed by atoms with Gasteiger partial charge in [0.25, 0.3) is 0 Å². The summed E-state index contributed by atoms with van der Waals surface area (Å²) in [5, 5.41) is 1.16. The number of aromatic nitrogens is 1. The molecule has 2 atom stereocenters. The van der Waals surface area contributed by atoms with Crippen molar-refractivity contribution < 1.29 is 23.0 Å². The zero-order valence-electron chi connectivity index (χ0n) is 15.3. The van der Waals surface area contributed by atoms with Gasteiger partial charge in [0.2, 0.25) is 0 Å². The van der Waals surface area contributed by atoms with Crippen LogP contribution >= 0.6 is 0 Å². The van der Waals surface area contributed by atoms with E-state index in [0.29, 0.717) is 19.6 Å². The Bertz CT molecular complexity index is 746. The molecule has 2 aromatic rings. The SMILES string of the molecule is FC(F)O[C@H]1CCN(CCc2c[nH]c3ccc(O[C@@H]4CCCOC4)cc23)C1. The Balaban J connectivity index is 1.36. The van der Waals surface area contributed by atoms with Crippen LogP contribution in [0.15, 0.2) is 24.4 Å². The maximum absolute atomic E-state index is 12.3. The predicted octanol–water partition coefficient (Wildman–Crippen LogP) is 3.58. The van der Waals surface area contributed by atoms with Crippen LogP contribution in [-0.4, -0.2) is 61.6 Å². The molecule has 1 aromatic heterocycles. The summed E-state index contributed by atoms with van der Waals surface area (Å²) in [7, 11) is 0. The summed E-state index contributed by atoms with van der Waals surface area (Å²) >= 11 is 0. The molecule has 0 saturated carbocycles. The number of nitrogens with one attached hydrogen (secondary N) is 1. The van der Waals surface area contributed by atoms with E-state index in [0.717, 1.165) is 55.6 Å². The number of benzene rings is 1. The lowest BCUT2D eigenvalue weighted by molar-refractivity contribution is -0.158. The molecule has 27 heavy (non-hydrogen) atoms. The second-order valence-corrected chi connectivity index (χ2v) is 7.34. The molecule has 0 unspecified atom stereocenters. The minimum absolute atomic E-state index is 0.120. The smallest absolute Gasteiger partial charge is 0.345 e. The van der Waals surface area contributed by atoms with Crippen molar-refractivity contribution in [2.75, 3.05) is 32.8 Å². The molecule has 4 rings (SSSR count). The van der Waals surface area contributed by atoms with Crippen molar-refractivity contribution in [2.24, 2.45) is 0 Å². The number of alkyl halides is 2. The largest absolute Gasteiger partial charge is 0.488 e. The van der Waals surface area contributed by atoms with Crippen molar-refractivity contribution in [1.82, 2.24) is 9.88 Å². The molecule has 1 N–H and O–H groups in total. The van der Waals surface area contributed by atoms with Crippen molar-refractivity contribution in [3.8, 4) is 5.75 Å². The van der Waals surface area contributed by atoms with Gasteiger partial charge in [-0.25, -0.2) is 0 Å². The van der Waals surface area contributed by atoms with Crippen LogP contribution in [0.2, 0.25) is 0 Å². The molecular weight excluding hydrogens is 354 g/mol. The van der Waals surface area contributed by atoms with Gasteiger partial charge >= 0.3 is 6.61 Å². The topological polar surface area (TPSA) is 46.7 Å². The fourth-order valence-corrected chi connectivity index (χ4v) is 3.97. The standard InChI is InChI=1S/C20H26F2N2O3/c21-20(22)27-16-6-8-24(12-16)7-5-14-11-23-19-4-3-15(10-18(14)19)26-17-2-1-9-25-13-17/h3-4,10-11,16-17,20,23H,1-2,5-9,12-13H2/t16-,17+/m0/s1. The predicted molar refractivity (Wildman–Crippen MR) is 98.4 cm³/mol. The number of likely N-dealkylation sites (tertiary alicyclic amines) is 1. The van der Waals surface area contributed by atoms with Gasteiger partial charge in [0.1, 0.15) is 11.9 Å². The first-order valence-electron chi connectivity index (χ1n) is 9.68. The number of ether oxygens (including phenoxy) is 3. The van der Waals surface area contributed by atoms with Crippen LogP contribution in [0.3, 0.4) is 0 Å². The van der Waals surface area contributed by atoms with E-state index in [-0.39, 0.29) is 12.2 Å². The maximum atomic E-state index is 12.3. The molecule has 2 fully saturated rings. The Morgan fingerprint density at radius 1 is 1.26 bits per heavy atom. The van der Waals surface area contributed by atoms with Crippen LogP contribution in [0.5, 0.6) is 5.75 Å². The Morgan fingerprint density at radius 2 is 2.19 bits per heavy atom. The summed E-state index contributed by atoms with van der Waals surface area (Å²) in [4.78, 5) is 5.49. The summed E-state index contributed by atoms with van der Waals surface area (Å²) in [6.45, 7) is 0.988. The zero-order chi connectivity index (χ0) is 18.6. The lowest BCUT2D eigenvalue weighted by Crippen LogP contribution is -2.27. The lowest BCUT2D eigenvalue weighted by Gasteiger charge is -2.23. The highest BCUT2D eigenvalue weighted by atomic mass is 19.3. The summed E-state index contributed by atoms with van der Waals surface area (Å²) in [5.74, 6) is 0.866. The molecule has 5 nitrogen and oxygen atoms in total. The number of nitrogens with zero attached hydrogens (tertiary/aromatic N) is 1. The number of halogens is 2.